The van der Waals surface area contributed by atoms with Gasteiger partial charge in [0.15, 0.2) is 16.7 Å². The third kappa shape index (κ3) is 4.25. The second-order valence-electron chi connectivity index (χ2n) is 6.13. The predicted molar refractivity (Wildman–Crippen MR) is 98.6 cm³/mol. The molecule has 134 valence electrons. The monoisotopic (exact) mass is 371 g/mol. The Bertz CT molecular complexity index is 865. The molecular weight excluding hydrogens is 354 g/mol. The van der Waals surface area contributed by atoms with Gasteiger partial charge in [-0.15, -0.1) is 5.11 Å². The van der Waals surface area contributed by atoms with Gasteiger partial charge in [0, 0.05) is 12.6 Å². The van der Waals surface area contributed by atoms with Crippen molar-refractivity contribution >= 4 is 34.7 Å². The van der Waals surface area contributed by atoms with Crippen LogP contribution in [0.1, 0.15) is 24.8 Å². The first-order chi connectivity index (χ1) is 12.6. The lowest BCUT2D eigenvalue weighted by Gasteiger charge is -2.15. The molecule has 1 aromatic carbocycles. The summed E-state index contributed by atoms with van der Waals surface area (Å²) < 4.78 is 0. The van der Waals surface area contributed by atoms with E-state index in [4.69, 9.17) is 22.6 Å². The van der Waals surface area contributed by atoms with Crippen LogP contribution in [-0.4, -0.2) is 27.7 Å². The van der Waals surface area contributed by atoms with Crippen LogP contribution < -0.4 is 11.1 Å². The van der Waals surface area contributed by atoms with Gasteiger partial charge in [-0.1, -0.05) is 17.7 Å². The molecule has 0 spiro atoms. The standard InChI is InChI=1S/C17H18ClN7O/c18-15-14(25-24-13-3-1-2-10(6-13)8-19)16(23-17(20)22-15)21-12-5-4-11(7-12)9-26/h1-3,6,11-12,26H,4-5,7,9H2,(H3,20,21,22,23)/t11-,12+/m1/s1. The summed E-state index contributed by atoms with van der Waals surface area (Å²) in [6.07, 6.45) is 2.69. The average Bonchev–Trinajstić information content (AvgIpc) is 3.08. The van der Waals surface area contributed by atoms with E-state index in [1.807, 2.05) is 0 Å². The number of nitrogens with one attached hydrogen (secondary N) is 1. The fraction of sp³-hybridized carbons (Fsp3) is 0.353. The highest BCUT2D eigenvalue weighted by atomic mass is 35.5. The molecule has 0 saturated heterocycles. The molecule has 1 aliphatic carbocycles. The van der Waals surface area contributed by atoms with Gasteiger partial charge in [-0.25, -0.2) is 0 Å². The summed E-state index contributed by atoms with van der Waals surface area (Å²) in [6.45, 7) is 0.173. The largest absolute Gasteiger partial charge is 0.396 e. The number of benzene rings is 1. The zero-order valence-corrected chi connectivity index (χ0v) is 14.7. The number of aromatic nitrogens is 2. The first kappa shape index (κ1) is 18.0. The number of anilines is 2. The average molecular weight is 372 g/mol. The van der Waals surface area contributed by atoms with Crippen molar-refractivity contribution in [1.29, 1.82) is 5.26 Å². The zero-order chi connectivity index (χ0) is 18.5. The van der Waals surface area contributed by atoms with Crippen LogP contribution in [0.4, 0.5) is 23.1 Å². The molecule has 2 aromatic rings. The second kappa shape index (κ2) is 8.08. The Kier molecular flexibility index (Phi) is 5.61. The minimum atomic E-state index is 0.0413. The van der Waals surface area contributed by atoms with Gasteiger partial charge in [-0.3, -0.25) is 0 Å². The van der Waals surface area contributed by atoms with Crippen molar-refractivity contribution in [3.8, 4) is 6.07 Å². The highest BCUT2D eigenvalue weighted by Gasteiger charge is 2.25. The molecule has 1 fully saturated rings. The number of hydrogen-bond donors (Lipinski definition) is 3. The molecule has 3 rings (SSSR count). The second-order valence-corrected chi connectivity index (χ2v) is 6.49. The summed E-state index contributed by atoms with van der Waals surface area (Å²) in [5, 5.41) is 29.9. The lowest BCUT2D eigenvalue weighted by molar-refractivity contribution is 0.229. The van der Waals surface area contributed by atoms with Crippen LogP contribution in [0, 0.1) is 17.2 Å². The topological polar surface area (TPSA) is 133 Å². The van der Waals surface area contributed by atoms with E-state index >= 15 is 0 Å². The summed E-state index contributed by atoms with van der Waals surface area (Å²) in [7, 11) is 0. The van der Waals surface area contributed by atoms with E-state index in [1.54, 1.807) is 24.3 Å². The number of hydrogen-bond acceptors (Lipinski definition) is 8. The minimum Gasteiger partial charge on any atom is -0.396 e. The number of aliphatic hydroxyl groups is 1. The maximum atomic E-state index is 9.29. The number of azo groups is 1. The van der Waals surface area contributed by atoms with Gasteiger partial charge in [-0.05, 0) is 43.4 Å². The molecule has 0 bridgehead atoms. The van der Waals surface area contributed by atoms with E-state index in [9.17, 15) is 5.11 Å². The minimum absolute atomic E-state index is 0.0413. The van der Waals surface area contributed by atoms with Crippen molar-refractivity contribution in [2.75, 3.05) is 17.7 Å². The molecule has 1 heterocycles. The van der Waals surface area contributed by atoms with Crippen LogP contribution in [0.3, 0.4) is 0 Å². The Morgan fingerprint density at radius 3 is 2.92 bits per heavy atom. The number of nitriles is 1. The van der Waals surface area contributed by atoms with Gasteiger partial charge in [0.2, 0.25) is 5.95 Å². The van der Waals surface area contributed by atoms with E-state index in [0.717, 1.165) is 19.3 Å². The Hall–Kier alpha value is -2.76. The van der Waals surface area contributed by atoms with Crippen LogP contribution in [0.2, 0.25) is 5.15 Å². The van der Waals surface area contributed by atoms with Crippen LogP contribution in [0.15, 0.2) is 34.5 Å². The molecule has 0 aliphatic heterocycles. The summed E-state index contributed by atoms with van der Waals surface area (Å²) >= 11 is 6.18. The number of halogens is 1. The molecule has 0 amide bonds. The van der Waals surface area contributed by atoms with Crippen molar-refractivity contribution in [2.45, 2.75) is 25.3 Å². The Balaban J connectivity index is 1.86. The SMILES string of the molecule is N#Cc1cccc(N=Nc2c(Cl)nc(N)nc2N[C@H]2CC[C@@H](CO)C2)c1. The van der Waals surface area contributed by atoms with Gasteiger partial charge in [-0.2, -0.15) is 20.3 Å². The van der Waals surface area contributed by atoms with Crippen LogP contribution in [0.5, 0.6) is 0 Å². The number of rotatable bonds is 5. The van der Waals surface area contributed by atoms with Crippen LogP contribution in [0.25, 0.3) is 0 Å². The highest BCUT2D eigenvalue weighted by Crippen LogP contribution is 2.35. The number of nitrogen functional groups attached to an aromatic ring is 1. The highest BCUT2D eigenvalue weighted by molar-refractivity contribution is 6.32. The molecule has 0 unspecified atom stereocenters. The quantitative estimate of drug-likeness (QED) is 0.543. The molecule has 1 aromatic heterocycles. The van der Waals surface area contributed by atoms with Gasteiger partial charge in [0.05, 0.1) is 17.3 Å². The molecule has 4 N–H and O–H groups in total. The molecule has 0 radical (unpaired) electrons. The third-order valence-corrected chi connectivity index (χ3v) is 4.50. The maximum absolute atomic E-state index is 9.29. The first-order valence-electron chi connectivity index (χ1n) is 8.21. The lowest BCUT2D eigenvalue weighted by atomic mass is 10.1. The van der Waals surface area contributed by atoms with Crippen LogP contribution in [-0.2, 0) is 0 Å². The maximum Gasteiger partial charge on any atom is 0.223 e. The molecule has 8 nitrogen and oxygen atoms in total. The molecule has 1 aliphatic rings. The van der Waals surface area contributed by atoms with Gasteiger partial charge in [0.1, 0.15) is 0 Å². The van der Waals surface area contributed by atoms with E-state index in [1.165, 1.54) is 0 Å². The fourth-order valence-corrected chi connectivity index (χ4v) is 3.16. The van der Waals surface area contributed by atoms with Gasteiger partial charge in [0.25, 0.3) is 0 Å². The normalized spacial score (nSPS) is 19.6. The van der Waals surface area contributed by atoms with Crippen molar-refractivity contribution < 1.29 is 5.11 Å². The van der Waals surface area contributed by atoms with E-state index in [-0.39, 0.29) is 35.4 Å². The molecule has 2 atom stereocenters. The van der Waals surface area contributed by atoms with Crippen molar-refractivity contribution in [3.05, 3.63) is 35.0 Å². The van der Waals surface area contributed by atoms with Gasteiger partial charge >= 0.3 is 0 Å². The smallest absolute Gasteiger partial charge is 0.223 e. The zero-order valence-electron chi connectivity index (χ0n) is 13.9. The van der Waals surface area contributed by atoms with Crippen molar-refractivity contribution in [1.82, 2.24) is 9.97 Å². The van der Waals surface area contributed by atoms with Crippen molar-refractivity contribution in [2.24, 2.45) is 16.1 Å². The fourth-order valence-electron chi connectivity index (χ4n) is 2.94. The summed E-state index contributed by atoms with van der Waals surface area (Å²) in [6, 6.07) is 8.95. The Morgan fingerprint density at radius 1 is 1.35 bits per heavy atom. The summed E-state index contributed by atoms with van der Waals surface area (Å²) in [4.78, 5) is 8.13. The lowest BCUT2D eigenvalue weighted by Crippen LogP contribution is -2.18. The number of aliphatic hydroxyl groups excluding tert-OH is 1. The van der Waals surface area contributed by atoms with E-state index in [2.05, 4.69) is 31.6 Å². The molecule has 1 saturated carbocycles. The van der Waals surface area contributed by atoms with Crippen molar-refractivity contribution in [3.63, 3.8) is 0 Å². The summed E-state index contributed by atoms with van der Waals surface area (Å²) in [5.74, 6) is 0.729. The molecule has 9 heteroatoms. The van der Waals surface area contributed by atoms with Gasteiger partial charge < -0.3 is 16.2 Å². The van der Waals surface area contributed by atoms with E-state index < -0.39 is 0 Å². The summed E-state index contributed by atoms with van der Waals surface area (Å²) in [5.41, 5.74) is 7.00. The number of nitrogens with two attached hydrogens (primary N) is 1. The molecule has 26 heavy (non-hydrogen) atoms. The first-order valence-corrected chi connectivity index (χ1v) is 8.59. The number of nitrogens with zero attached hydrogens (tertiary/aromatic N) is 5. The van der Waals surface area contributed by atoms with E-state index in [0.29, 0.717) is 17.1 Å². The third-order valence-electron chi connectivity index (χ3n) is 4.24. The Labute approximate surface area is 155 Å². The predicted octanol–water partition coefficient (Wildman–Crippen LogP) is 3.57. The van der Waals surface area contributed by atoms with Crippen LogP contribution >= 0.6 is 11.6 Å². The molecular formula is C17H18ClN7O. The Morgan fingerprint density at radius 2 is 2.19 bits per heavy atom.